The molecule has 0 N–H and O–H groups in total. The van der Waals surface area contributed by atoms with Gasteiger partial charge >= 0.3 is 208 Å². The maximum absolute atomic E-state index is 12.0. The Hall–Kier alpha value is -2.15. The summed E-state index contributed by atoms with van der Waals surface area (Å²) in [4.78, 5) is 27.4. The number of fused-ring (bicyclic) bond motifs is 1. The van der Waals surface area contributed by atoms with E-state index in [-0.39, 0.29) is 6.04 Å². The first-order valence-electron chi connectivity index (χ1n) is 11.5. The fourth-order valence-corrected chi connectivity index (χ4v) is 9.01. The summed E-state index contributed by atoms with van der Waals surface area (Å²) in [7, 11) is -2.31. The van der Waals surface area contributed by atoms with Crippen molar-refractivity contribution in [1.29, 1.82) is 0 Å². The van der Waals surface area contributed by atoms with Crippen molar-refractivity contribution in [3.05, 3.63) is 39.8 Å². The Kier molecular flexibility index (Phi) is 7.09. The second kappa shape index (κ2) is 10.2. The topological polar surface area (TPSA) is 100 Å². The fourth-order valence-electron chi connectivity index (χ4n) is 4.81. The van der Waals surface area contributed by atoms with Crippen LogP contribution in [0.25, 0.3) is 11.2 Å². The van der Waals surface area contributed by atoms with Gasteiger partial charge in [0.2, 0.25) is 0 Å². The van der Waals surface area contributed by atoms with E-state index in [0.29, 0.717) is 32.8 Å². The van der Waals surface area contributed by atoms with Crippen LogP contribution in [0.2, 0.25) is 8.86 Å². The summed E-state index contributed by atoms with van der Waals surface area (Å²) in [6.07, 6.45) is 9.06. The average molecular weight is 586 g/mol. The van der Waals surface area contributed by atoms with Crippen molar-refractivity contribution in [3.8, 4) is 0 Å². The van der Waals surface area contributed by atoms with E-state index >= 15 is 0 Å². The summed E-state index contributed by atoms with van der Waals surface area (Å²) in [5, 5.41) is 0. The number of nitrogens with zero attached hydrogens (tertiary/aromatic N) is 6. The van der Waals surface area contributed by atoms with E-state index in [2.05, 4.69) is 34.9 Å². The van der Waals surface area contributed by atoms with Crippen LogP contribution in [0.3, 0.4) is 0 Å². The number of imidazole rings is 1. The van der Waals surface area contributed by atoms with E-state index in [1.165, 1.54) is 5.49 Å². The normalized spacial score (nSPS) is 21.6. The van der Waals surface area contributed by atoms with Gasteiger partial charge in [0.15, 0.2) is 0 Å². The van der Waals surface area contributed by atoms with Crippen LogP contribution in [0, 0.1) is 0 Å². The number of carbonyl (C=O) groups is 1. The summed E-state index contributed by atoms with van der Waals surface area (Å²) in [6.45, 7) is 3.99. The Balaban J connectivity index is 1.67. The van der Waals surface area contributed by atoms with Crippen molar-refractivity contribution in [2.75, 3.05) is 50.8 Å². The molecule has 12 heteroatoms. The molecule has 1 atom stereocenters. The van der Waals surface area contributed by atoms with E-state index < -0.39 is 31.7 Å². The quantitative estimate of drug-likeness (QED) is 0.372. The van der Waals surface area contributed by atoms with Gasteiger partial charge in [-0.15, -0.1) is 0 Å². The van der Waals surface area contributed by atoms with Crippen LogP contribution in [0.1, 0.15) is 17.4 Å². The first kappa shape index (κ1) is 23.6. The summed E-state index contributed by atoms with van der Waals surface area (Å²) >= 11 is -1.59. The SMILES string of the molecule is [CH3][In]1[CH]=CC(c2c(C3CN(C=S(=O)=O)CCN3C=O)nc3c(N4CCOCC4)nccn23)=C[CH2]1. The molecule has 2 aromatic heterocycles. The fraction of sp³-hybridized carbons (Fsp3) is 0.455. The molecule has 1 unspecified atom stereocenters. The van der Waals surface area contributed by atoms with Crippen LogP contribution in [0.4, 0.5) is 5.82 Å². The number of carbonyl (C=O) groups excluding carboxylic acids is 1. The van der Waals surface area contributed by atoms with Gasteiger partial charge in [-0.1, -0.05) is 0 Å². The molecule has 2 saturated heterocycles. The van der Waals surface area contributed by atoms with Crippen LogP contribution < -0.4 is 4.90 Å². The van der Waals surface area contributed by atoms with Gasteiger partial charge in [-0.3, -0.25) is 0 Å². The molecule has 0 aliphatic carbocycles. The second-order valence-electron chi connectivity index (χ2n) is 8.84. The minimum absolute atomic E-state index is 0.358. The number of hydrogen-bond donors (Lipinski definition) is 0. The third-order valence-corrected chi connectivity index (χ3v) is 12.3. The molecular weight excluding hydrogens is 559 g/mol. The van der Waals surface area contributed by atoms with Crippen molar-refractivity contribution in [2.24, 2.45) is 0 Å². The van der Waals surface area contributed by atoms with E-state index in [9.17, 15) is 13.2 Å². The first-order valence-corrected chi connectivity index (χ1v) is 20.2. The van der Waals surface area contributed by atoms with Crippen LogP contribution in [0.5, 0.6) is 0 Å². The first-order chi connectivity index (χ1) is 16.5. The number of piperazine rings is 1. The van der Waals surface area contributed by atoms with Gasteiger partial charge in [-0.2, -0.15) is 0 Å². The molecule has 5 heterocycles. The van der Waals surface area contributed by atoms with E-state index in [1.54, 1.807) is 16.0 Å². The Morgan fingerprint density at radius 2 is 2.03 bits per heavy atom. The molecule has 2 fully saturated rings. The molecule has 178 valence electrons. The third kappa shape index (κ3) is 4.68. The molecule has 34 heavy (non-hydrogen) atoms. The van der Waals surface area contributed by atoms with Crippen LogP contribution in [-0.2, 0) is 19.8 Å². The van der Waals surface area contributed by atoms with Gasteiger partial charge in [0.25, 0.3) is 0 Å². The zero-order valence-electron chi connectivity index (χ0n) is 19.1. The van der Waals surface area contributed by atoms with E-state index in [4.69, 9.17) is 9.72 Å². The number of hydrogen-bond acceptors (Lipinski definition) is 7. The van der Waals surface area contributed by atoms with Crippen molar-refractivity contribution >= 4 is 60.7 Å². The Labute approximate surface area is 207 Å². The van der Waals surface area contributed by atoms with Crippen LogP contribution in [0.15, 0.2) is 28.4 Å². The van der Waals surface area contributed by atoms with Gasteiger partial charge in [-0.05, 0) is 0 Å². The monoisotopic (exact) mass is 586 g/mol. The van der Waals surface area contributed by atoms with Crippen molar-refractivity contribution < 1.29 is 17.9 Å². The molecule has 0 saturated carbocycles. The summed E-state index contributed by atoms with van der Waals surface area (Å²) in [5.41, 5.74) is 4.75. The standard InChI is InChI=1S/C21H24N6O4S.CH3.In/c1-3-16(4-2)19-18(17-13-24(15-32(29)30)7-8-26(17)14-28)23-21-20(22-5-6-27(19)21)25-9-11-31-12-10-25;;/h1,3-6,14-15,17H,2,7-13H2;1H3;. The second-order valence-corrected chi connectivity index (χ2v) is 17.6. The number of anilines is 1. The Morgan fingerprint density at radius 3 is 2.74 bits per heavy atom. The van der Waals surface area contributed by atoms with Gasteiger partial charge < -0.3 is 0 Å². The molecule has 0 aromatic carbocycles. The molecule has 1 amide bonds. The Bertz CT molecular complexity index is 1280. The van der Waals surface area contributed by atoms with E-state index in [1.807, 2.05) is 6.20 Å². The van der Waals surface area contributed by atoms with Crippen LogP contribution >= 0.6 is 0 Å². The molecule has 3 aliphatic rings. The maximum atomic E-state index is 12.0. The van der Waals surface area contributed by atoms with Gasteiger partial charge in [0, 0.05) is 0 Å². The third-order valence-electron chi connectivity index (χ3n) is 6.59. The summed E-state index contributed by atoms with van der Waals surface area (Å²) in [6, 6.07) is -0.379. The van der Waals surface area contributed by atoms with Crippen molar-refractivity contribution in [1.82, 2.24) is 24.2 Å². The summed E-state index contributed by atoms with van der Waals surface area (Å²) < 4.78 is 36.2. The molecule has 0 spiro atoms. The molecule has 2 aromatic rings. The zero-order valence-corrected chi connectivity index (χ0v) is 23.2. The van der Waals surface area contributed by atoms with Gasteiger partial charge in [0.05, 0.1) is 0 Å². The van der Waals surface area contributed by atoms with Crippen LogP contribution in [-0.4, -0.2) is 112 Å². The molecule has 10 nitrogen and oxygen atoms in total. The minimum atomic E-state index is -2.31. The molecule has 0 radical (unpaired) electrons. The molecular formula is C22H27InN6O4S. The van der Waals surface area contributed by atoms with Gasteiger partial charge in [0.1, 0.15) is 0 Å². The molecule has 5 rings (SSSR count). The number of allylic oxidation sites excluding steroid dienone is 3. The number of amides is 1. The zero-order chi connectivity index (χ0) is 23.7. The summed E-state index contributed by atoms with van der Waals surface area (Å²) in [5.74, 6) is 0.795. The number of ether oxygens (including phenoxy) is 1. The number of rotatable bonds is 5. The predicted molar refractivity (Wildman–Crippen MR) is 132 cm³/mol. The predicted octanol–water partition coefficient (Wildman–Crippen LogP) is 0.637. The average Bonchev–Trinajstić information content (AvgIpc) is 3.24. The van der Waals surface area contributed by atoms with Gasteiger partial charge in [-0.25, -0.2) is 0 Å². The molecule has 0 bridgehead atoms. The van der Waals surface area contributed by atoms with Crippen molar-refractivity contribution in [2.45, 2.75) is 14.9 Å². The Morgan fingerprint density at radius 1 is 1.21 bits per heavy atom. The number of morpholine rings is 1. The molecule has 3 aliphatic heterocycles. The van der Waals surface area contributed by atoms with E-state index in [0.717, 1.165) is 52.1 Å². The number of aromatic nitrogens is 3. The van der Waals surface area contributed by atoms with Crippen molar-refractivity contribution in [3.63, 3.8) is 0 Å².